The van der Waals surface area contributed by atoms with E-state index < -0.39 is 0 Å². The molecule has 1 nitrogen and oxygen atoms in total. The van der Waals surface area contributed by atoms with Crippen LogP contribution < -0.4 is 0 Å². The minimum Gasteiger partial charge on any atom is -0.193 e. The number of allylic oxidation sites excluding steroid dienone is 6. The van der Waals surface area contributed by atoms with Crippen LogP contribution in [0.4, 0.5) is 0 Å². The van der Waals surface area contributed by atoms with Crippen LogP contribution in [0, 0.1) is 11.3 Å². The fourth-order valence-corrected chi connectivity index (χ4v) is 1.21. The van der Waals surface area contributed by atoms with Crippen molar-refractivity contribution in [1.29, 1.82) is 5.26 Å². The highest BCUT2D eigenvalue weighted by molar-refractivity contribution is 5.59. The van der Waals surface area contributed by atoms with E-state index in [4.69, 9.17) is 5.26 Å². The van der Waals surface area contributed by atoms with Crippen molar-refractivity contribution < 1.29 is 0 Å². The lowest BCUT2D eigenvalue weighted by molar-refractivity contribution is 1.53. The molecule has 0 aromatic heterocycles. The summed E-state index contributed by atoms with van der Waals surface area (Å²) in [6.45, 7) is 3.62. The van der Waals surface area contributed by atoms with Crippen LogP contribution in [0.3, 0.4) is 0 Å². The molecule has 0 saturated carbocycles. The highest BCUT2D eigenvalue weighted by Crippen LogP contribution is 2.09. The Kier molecular flexibility index (Phi) is 5.16. The molecule has 0 radical (unpaired) electrons. The summed E-state index contributed by atoms with van der Waals surface area (Å²) in [5.74, 6) is 0. The van der Waals surface area contributed by atoms with Gasteiger partial charge in [0.1, 0.15) is 0 Å². The van der Waals surface area contributed by atoms with E-state index in [-0.39, 0.29) is 0 Å². The SMILES string of the molecule is C=CC=CC(C=CC#N)=Cc1ccccc1. The zero-order chi connectivity index (χ0) is 11.6. The molecule has 0 heterocycles. The molecule has 1 aromatic carbocycles. The summed E-state index contributed by atoms with van der Waals surface area (Å²) in [5, 5.41) is 8.50. The second kappa shape index (κ2) is 7.03. The van der Waals surface area contributed by atoms with Crippen molar-refractivity contribution in [3.63, 3.8) is 0 Å². The molecule has 0 aliphatic carbocycles. The van der Waals surface area contributed by atoms with Gasteiger partial charge < -0.3 is 0 Å². The van der Waals surface area contributed by atoms with Crippen LogP contribution >= 0.6 is 0 Å². The molecule has 0 unspecified atom stereocenters. The highest BCUT2D eigenvalue weighted by Gasteiger charge is 1.88. The summed E-state index contributed by atoms with van der Waals surface area (Å²) in [4.78, 5) is 0. The summed E-state index contributed by atoms with van der Waals surface area (Å²) < 4.78 is 0. The molecule has 78 valence electrons. The zero-order valence-corrected chi connectivity index (χ0v) is 9.01. The number of nitriles is 1. The summed E-state index contributed by atoms with van der Waals surface area (Å²) in [6, 6.07) is 11.9. The summed E-state index contributed by atoms with van der Waals surface area (Å²) in [7, 11) is 0. The molecule has 0 atom stereocenters. The van der Waals surface area contributed by atoms with Crippen molar-refractivity contribution in [1.82, 2.24) is 0 Å². The van der Waals surface area contributed by atoms with E-state index in [9.17, 15) is 0 Å². The Morgan fingerprint density at radius 2 is 1.94 bits per heavy atom. The smallest absolute Gasteiger partial charge is 0.0912 e. The predicted molar refractivity (Wildman–Crippen MR) is 68.5 cm³/mol. The minimum atomic E-state index is 0.965. The first-order valence-corrected chi connectivity index (χ1v) is 4.99. The van der Waals surface area contributed by atoms with Crippen LogP contribution in [0.1, 0.15) is 5.56 Å². The third kappa shape index (κ3) is 4.26. The normalized spacial score (nSPS) is 11.8. The Balaban J connectivity index is 2.97. The number of benzene rings is 1. The molecule has 16 heavy (non-hydrogen) atoms. The molecule has 0 aliphatic rings. The van der Waals surface area contributed by atoms with Crippen molar-refractivity contribution in [3.05, 3.63) is 78.4 Å². The van der Waals surface area contributed by atoms with Crippen molar-refractivity contribution in [2.75, 3.05) is 0 Å². The molecule has 0 spiro atoms. The average Bonchev–Trinajstić information content (AvgIpc) is 2.34. The van der Waals surface area contributed by atoms with Crippen LogP contribution in [0.25, 0.3) is 6.08 Å². The van der Waals surface area contributed by atoms with Crippen molar-refractivity contribution >= 4 is 6.08 Å². The van der Waals surface area contributed by atoms with Gasteiger partial charge in [0.15, 0.2) is 0 Å². The van der Waals surface area contributed by atoms with Crippen LogP contribution in [0.15, 0.2) is 72.9 Å². The first kappa shape index (κ1) is 11.7. The quantitative estimate of drug-likeness (QED) is 0.542. The van der Waals surface area contributed by atoms with Crippen molar-refractivity contribution in [2.24, 2.45) is 0 Å². The van der Waals surface area contributed by atoms with Crippen LogP contribution in [0.2, 0.25) is 0 Å². The third-order valence-corrected chi connectivity index (χ3v) is 1.91. The Morgan fingerprint density at radius 1 is 1.19 bits per heavy atom. The maximum Gasteiger partial charge on any atom is 0.0912 e. The van der Waals surface area contributed by atoms with Gasteiger partial charge in [-0.05, 0) is 23.3 Å². The van der Waals surface area contributed by atoms with Crippen molar-refractivity contribution in [2.45, 2.75) is 0 Å². The largest absolute Gasteiger partial charge is 0.193 e. The molecular weight excluding hydrogens is 194 g/mol. The van der Waals surface area contributed by atoms with Gasteiger partial charge in [0.25, 0.3) is 0 Å². The first-order valence-electron chi connectivity index (χ1n) is 4.99. The predicted octanol–water partition coefficient (Wildman–Crippen LogP) is 3.89. The van der Waals surface area contributed by atoms with Gasteiger partial charge >= 0.3 is 0 Å². The van der Waals surface area contributed by atoms with E-state index in [1.54, 1.807) is 12.2 Å². The molecule has 0 bridgehead atoms. The number of nitrogens with zero attached hydrogens (tertiary/aromatic N) is 1. The second-order valence-electron chi connectivity index (χ2n) is 3.11. The fourth-order valence-electron chi connectivity index (χ4n) is 1.21. The highest BCUT2D eigenvalue weighted by atomic mass is 14.2. The lowest BCUT2D eigenvalue weighted by atomic mass is 10.1. The summed E-state index contributed by atoms with van der Waals surface area (Å²) >= 11 is 0. The molecule has 0 fully saturated rings. The number of rotatable bonds is 4. The van der Waals surface area contributed by atoms with Gasteiger partial charge in [-0.3, -0.25) is 0 Å². The minimum absolute atomic E-state index is 0.965. The number of hydrogen-bond acceptors (Lipinski definition) is 1. The van der Waals surface area contributed by atoms with Gasteiger partial charge in [0.05, 0.1) is 6.07 Å². The Labute approximate surface area is 96.4 Å². The summed E-state index contributed by atoms with van der Waals surface area (Å²) in [6.07, 6.45) is 10.7. The zero-order valence-electron chi connectivity index (χ0n) is 9.01. The third-order valence-electron chi connectivity index (χ3n) is 1.91. The van der Waals surface area contributed by atoms with Crippen molar-refractivity contribution in [3.8, 4) is 6.07 Å². The maximum atomic E-state index is 8.50. The molecule has 0 N–H and O–H groups in total. The Bertz CT molecular complexity index is 456. The van der Waals surface area contributed by atoms with Gasteiger partial charge in [-0.2, -0.15) is 5.26 Å². The van der Waals surface area contributed by atoms with Gasteiger partial charge in [-0.1, -0.05) is 55.1 Å². The average molecular weight is 207 g/mol. The molecule has 1 aromatic rings. The van der Waals surface area contributed by atoms with Gasteiger partial charge in [-0.25, -0.2) is 0 Å². The van der Waals surface area contributed by atoms with E-state index in [0.717, 1.165) is 11.1 Å². The molecule has 1 heteroatoms. The lowest BCUT2D eigenvalue weighted by Crippen LogP contribution is -1.74. The topological polar surface area (TPSA) is 23.8 Å². The van der Waals surface area contributed by atoms with E-state index in [2.05, 4.69) is 6.58 Å². The summed E-state index contributed by atoms with van der Waals surface area (Å²) in [5.41, 5.74) is 2.07. The molecule has 1 rings (SSSR count). The first-order chi connectivity index (χ1) is 7.86. The fraction of sp³-hybridized carbons (Fsp3) is 0. The van der Waals surface area contributed by atoms with E-state index in [0.29, 0.717) is 0 Å². The van der Waals surface area contributed by atoms with Gasteiger partial charge in [-0.15, -0.1) is 0 Å². The molecule has 0 amide bonds. The molecular formula is C15H13N. The Hall–Kier alpha value is -2.33. The van der Waals surface area contributed by atoms with E-state index >= 15 is 0 Å². The Morgan fingerprint density at radius 3 is 2.56 bits per heavy atom. The van der Waals surface area contributed by atoms with Crippen LogP contribution in [-0.4, -0.2) is 0 Å². The van der Waals surface area contributed by atoms with E-state index in [1.165, 1.54) is 6.08 Å². The van der Waals surface area contributed by atoms with E-state index in [1.807, 2.05) is 54.6 Å². The lowest BCUT2D eigenvalue weighted by Gasteiger charge is -1.95. The molecule has 0 saturated heterocycles. The van der Waals surface area contributed by atoms with Crippen LogP contribution in [0.5, 0.6) is 0 Å². The monoisotopic (exact) mass is 207 g/mol. The number of hydrogen-bond donors (Lipinski definition) is 0. The molecule has 0 aliphatic heterocycles. The second-order valence-corrected chi connectivity index (χ2v) is 3.11. The van der Waals surface area contributed by atoms with Gasteiger partial charge in [0, 0.05) is 6.08 Å². The van der Waals surface area contributed by atoms with Crippen LogP contribution in [-0.2, 0) is 0 Å². The van der Waals surface area contributed by atoms with Gasteiger partial charge in [0.2, 0.25) is 0 Å². The maximum absolute atomic E-state index is 8.50. The standard InChI is InChI=1S/C15H13N/c1-2-3-8-14(11-7-12-16)13-15-9-5-4-6-10-15/h2-11,13H,1H2.